The fraction of sp³-hybridized carbons (Fsp3) is 0.714. The van der Waals surface area contributed by atoms with Crippen LogP contribution in [-0.4, -0.2) is 62.7 Å². The number of hydrogen-bond acceptors (Lipinski definition) is 5. The third kappa shape index (κ3) is 3.00. The van der Waals surface area contributed by atoms with E-state index in [1.165, 1.54) is 6.92 Å². The van der Waals surface area contributed by atoms with Crippen molar-refractivity contribution in [2.24, 2.45) is 0 Å². The average Bonchev–Trinajstić information content (AvgIpc) is 3.02. The summed E-state index contributed by atoms with van der Waals surface area (Å²) in [4.78, 5) is 48.4. The van der Waals surface area contributed by atoms with Crippen molar-refractivity contribution in [3.8, 4) is 0 Å². The zero-order valence-corrected chi connectivity index (χ0v) is 13.1. The summed E-state index contributed by atoms with van der Waals surface area (Å²) in [5.74, 6) is -2.61. The molecule has 0 radical (unpaired) electrons. The van der Waals surface area contributed by atoms with Gasteiger partial charge >= 0.3 is 12.0 Å². The summed E-state index contributed by atoms with van der Waals surface area (Å²) >= 11 is 0. The monoisotopic (exact) mass is 327 g/mol. The first kappa shape index (κ1) is 17.2. The molecule has 0 bridgehead atoms. The normalized spacial score (nSPS) is 23.5. The van der Waals surface area contributed by atoms with Gasteiger partial charge in [-0.1, -0.05) is 12.8 Å². The summed E-state index contributed by atoms with van der Waals surface area (Å²) in [6, 6.07) is -1.71. The van der Waals surface area contributed by atoms with Crippen LogP contribution >= 0.6 is 0 Å². The first-order valence-electron chi connectivity index (χ1n) is 7.50. The molecule has 128 valence electrons. The fourth-order valence-electron chi connectivity index (χ4n) is 2.91. The number of urea groups is 1. The number of carboxylic acids is 1. The number of rotatable bonds is 5. The van der Waals surface area contributed by atoms with Gasteiger partial charge in [0, 0.05) is 0 Å². The number of carboxylic acid groups (broad SMARTS) is 1. The summed E-state index contributed by atoms with van der Waals surface area (Å²) in [6.45, 7) is 1.90. The van der Waals surface area contributed by atoms with Gasteiger partial charge in [-0.3, -0.25) is 9.59 Å². The Balaban J connectivity index is 2.03. The highest BCUT2D eigenvalue weighted by atomic mass is 16.4. The van der Waals surface area contributed by atoms with Crippen LogP contribution in [0.4, 0.5) is 4.79 Å². The predicted molar refractivity (Wildman–Crippen MR) is 77.3 cm³/mol. The van der Waals surface area contributed by atoms with Gasteiger partial charge in [0.25, 0.3) is 5.91 Å². The van der Waals surface area contributed by atoms with E-state index in [0.717, 1.165) is 24.7 Å². The lowest BCUT2D eigenvalue weighted by atomic mass is 9.97. The highest BCUT2D eigenvalue weighted by molar-refractivity contribution is 6.10. The molecule has 2 rings (SSSR count). The largest absolute Gasteiger partial charge is 0.479 e. The van der Waals surface area contributed by atoms with E-state index in [4.69, 9.17) is 5.11 Å². The number of carbonyl (C=O) groups is 4. The Hall–Kier alpha value is -2.16. The maximum Gasteiger partial charge on any atom is 0.337 e. The lowest BCUT2D eigenvalue weighted by molar-refractivity contribution is -0.156. The zero-order valence-electron chi connectivity index (χ0n) is 13.1. The average molecular weight is 327 g/mol. The van der Waals surface area contributed by atoms with Crippen LogP contribution in [0.15, 0.2) is 0 Å². The number of amides is 4. The number of nitrogens with one attached hydrogen (secondary N) is 2. The molecule has 0 aromatic carbocycles. The van der Waals surface area contributed by atoms with Crippen LogP contribution in [0.3, 0.4) is 0 Å². The highest BCUT2D eigenvalue weighted by Crippen LogP contribution is 2.35. The summed E-state index contributed by atoms with van der Waals surface area (Å²) in [7, 11) is 0. The minimum Gasteiger partial charge on any atom is -0.479 e. The second-order valence-corrected chi connectivity index (χ2v) is 6.37. The second kappa shape index (κ2) is 5.80. The Morgan fingerprint density at radius 3 is 2.48 bits per heavy atom. The molecule has 1 aliphatic heterocycles. The van der Waals surface area contributed by atoms with Crippen molar-refractivity contribution in [1.82, 2.24) is 15.5 Å². The quantitative estimate of drug-likeness (QED) is 0.488. The molecule has 2 fully saturated rings. The SMILES string of the molecule is CC(C(=O)NCC(C)(O)C(=O)O)N1C(=O)NC2(CCCC2)C1=O. The molecule has 1 spiro atoms. The summed E-state index contributed by atoms with van der Waals surface area (Å²) in [5.41, 5.74) is -3.03. The minimum absolute atomic E-state index is 0.423. The smallest absolute Gasteiger partial charge is 0.337 e. The van der Waals surface area contributed by atoms with E-state index in [9.17, 15) is 24.3 Å². The van der Waals surface area contributed by atoms with E-state index in [1.807, 2.05) is 0 Å². The first-order valence-corrected chi connectivity index (χ1v) is 7.50. The highest BCUT2D eigenvalue weighted by Gasteiger charge is 2.54. The third-order valence-corrected chi connectivity index (χ3v) is 4.48. The molecule has 4 N–H and O–H groups in total. The zero-order chi connectivity index (χ0) is 17.4. The van der Waals surface area contributed by atoms with Gasteiger partial charge < -0.3 is 20.8 Å². The van der Waals surface area contributed by atoms with E-state index in [2.05, 4.69) is 10.6 Å². The van der Waals surface area contributed by atoms with Gasteiger partial charge in [-0.05, 0) is 26.7 Å². The van der Waals surface area contributed by atoms with E-state index in [0.29, 0.717) is 12.8 Å². The molecule has 0 aromatic rings. The molecule has 2 unspecified atom stereocenters. The van der Waals surface area contributed by atoms with Crippen molar-refractivity contribution in [3.63, 3.8) is 0 Å². The molecule has 1 saturated heterocycles. The van der Waals surface area contributed by atoms with E-state index in [-0.39, 0.29) is 0 Å². The number of carbonyl (C=O) groups excluding carboxylic acids is 3. The van der Waals surface area contributed by atoms with Crippen LogP contribution in [0.25, 0.3) is 0 Å². The standard InChI is InChI=1S/C14H21N3O6/c1-8(9(18)15-7-13(2,23)11(20)21)17-10(19)14(16-12(17)22)5-3-4-6-14/h8,23H,3-7H2,1-2H3,(H,15,18)(H,16,22)(H,20,21). The molecule has 4 amide bonds. The second-order valence-electron chi connectivity index (χ2n) is 6.37. The Bertz CT molecular complexity index is 553. The molecular weight excluding hydrogens is 306 g/mol. The summed E-state index contributed by atoms with van der Waals surface area (Å²) in [6.07, 6.45) is 2.77. The van der Waals surface area contributed by atoms with Crippen molar-refractivity contribution >= 4 is 23.8 Å². The number of nitrogens with zero attached hydrogens (tertiary/aromatic N) is 1. The topological polar surface area (TPSA) is 136 Å². The molecule has 1 aliphatic carbocycles. The summed E-state index contributed by atoms with van der Waals surface area (Å²) < 4.78 is 0. The molecule has 2 aliphatic rings. The number of hydrogen-bond donors (Lipinski definition) is 4. The number of imide groups is 1. The van der Waals surface area contributed by atoms with E-state index < -0.39 is 47.5 Å². The minimum atomic E-state index is -2.13. The Kier molecular flexibility index (Phi) is 4.34. The van der Waals surface area contributed by atoms with Gasteiger partial charge in [-0.2, -0.15) is 0 Å². The van der Waals surface area contributed by atoms with E-state index >= 15 is 0 Å². The molecule has 1 heterocycles. The van der Waals surface area contributed by atoms with Crippen LogP contribution in [0.2, 0.25) is 0 Å². The van der Waals surface area contributed by atoms with Crippen molar-refractivity contribution < 1.29 is 29.4 Å². The van der Waals surface area contributed by atoms with Gasteiger partial charge in [0.15, 0.2) is 5.60 Å². The van der Waals surface area contributed by atoms with Gasteiger partial charge in [0.05, 0.1) is 6.54 Å². The van der Waals surface area contributed by atoms with Crippen LogP contribution in [-0.2, 0) is 14.4 Å². The van der Waals surface area contributed by atoms with Crippen LogP contribution in [0.5, 0.6) is 0 Å². The van der Waals surface area contributed by atoms with E-state index in [1.54, 1.807) is 0 Å². The lowest BCUT2D eigenvalue weighted by Crippen LogP contribution is -2.53. The van der Waals surface area contributed by atoms with Crippen molar-refractivity contribution in [1.29, 1.82) is 0 Å². The van der Waals surface area contributed by atoms with Gasteiger partial charge in [0.2, 0.25) is 5.91 Å². The van der Waals surface area contributed by atoms with Crippen molar-refractivity contribution in [3.05, 3.63) is 0 Å². The van der Waals surface area contributed by atoms with Crippen molar-refractivity contribution in [2.75, 3.05) is 6.54 Å². The molecular formula is C14H21N3O6. The van der Waals surface area contributed by atoms with Crippen LogP contribution in [0, 0.1) is 0 Å². The number of aliphatic carboxylic acids is 1. The molecule has 9 nitrogen and oxygen atoms in total. The number of aliphatic hydroxyl groups is 1. The molecule has 2 atom stereocenters. The maximum absolute atomic E-state index is 12.5. The molecule has 0 aromatic heterocycles. The summed E-state index contributed by atoms with van der Waals surface area (Å²) in [5, 5.41) is 23.3. The van der Waals surface area contributed by atoms with Crippen LogP contribution < -0.4 is 10.6 Å². The first-order chi connectivity index (χ1) is 10.6. The third-order valence-electron chi connectivity index (χ3n) is 4.48. The maximum atomic E-state index is 12.5. The van der Waals surface area contributed by atoms with Gasteiger partial charge in [-0.25, -0.2) is 14.5 Å². The van der Waals surface area contributed by atoms with Gasteiger partial charge in [-0.15, -0.1) is 0 Å². The lowest BCUT2D eigenvalue weighted by Gasteiger charge is -2.25. The molecule has 23 heavy (non-hydrogen) atoms. The predicted octanol–water partition coefficient (Wildman–Crippen LogP) is -0.809. The van der Waals surface area contributed by atoms with Crippen LogP contribution in [0.1, 0.15) is 39.5 Å². The van der Waals surface area contributed by atoms with Crippen molar-refractivity contribution in [2.45, 2.75) is 56.7 Å². The Morgan fingerprint density at radius 1 is 1.39 bits per heavy atom. The fourth-order valence-corrected chi connectivity index (χ4v) is 2.91. The molecule has 1 saturated carbocycles. The Labute approximate surface area is 133 Å². The molecule has 9 heteroatoms. The van der Waals surface area contributed by atoms with Gasteiger partial charge in [0.1, 0.15) is 11.6 Å². The Morgan fingerprint density at radius 2 is 1.96 bits per heavy atom.